The van der Waals surface area contributed by atoms with Crippen LogP contribution >= 0.6 is 0 Å². The Kier molecular flexibility index (Phi) is 6.42. The van der Waals surface area contributed by atoms with E-state index in [9.17, 15) is 18.3 Å². The summed E-state index contributed by atoms with van der Waals surface area (Å²) in [7, 11) is -3.31. The van der Waals surface area contributed by atoms with Gasteiger partial charge in [-0.1, -0.05) is 36.4 Å². The standard InChI is InChI=1S/C27H29N3O4S/c1-27(2,3)30(26(31)32)12-11-18-7-5-9-20(13-18)24-17-29-25-23(24)15-21(16-28-25)19-8-6-10-22(14-19)35(4,33)34/h5-10,13-17H,11-12H2,1-4H3,(H,28,29)(H,31,32). The summed E-state index contributed by atoms with van der Waals surface area (Å²) >= 11 is 0. The van der Waals surface area contributed by atoms with Crippen LogP contribution in [-0.4, -0.2) is 52.8 Å². The van der Waals surface area contributed by atoms with Crippen molar-refractivity contribution in [2.45, 2.75) is 37.6 Å². The van der Waals surface area contributed by atoms with Gasteiger partial charge in [0.15, 0.2) is 9.84 Å². The number of benzene rings is 2. The first-order chi connectivity index (χ1) is 16.4. The number of aromatic amines is 1. The Morgan fingerprint density at radius 3 is 2.43 bits per heavy atom. The summed E-state index contributed by atoms with van der Waals surface area (Å²) in [5, 5.41) is 10.5. The second-order valence-corrected chi connectivity index (χ2v) is 11.7. The van der Waals surface area contributed by atoms with Crippen LogP contribution in [0.3, 0.4) is 0 Å². The van der Waals surface area contributed by atoms with E-state index < -0.39 is 21.5 Å². The molecule has 7 nitrogen and oxygen atoms in total. The Morgan fingerprint density at radius 1 is 1.03 bits per heavy atom. The SMILES string of the molecule is CC(C)(C)N(CCc1cccc(-c2c[nH]c3ncc(-c4cccc(S(C)(=O)=O)c4)cc23)c1)C(=O)O. The van der Waals surface area contributed by atoms with E-state index in [1.54, 1.807) is 24.4 Å². The van der Waals surface area contributed by atoms with Crippen LogP contribution in [0.5, 0.6) is 0 Å². The average Bonchev–Trinajstić information content (AvgIpc) is 3.21. The molecule has 0 radical (unpaired) electrons. The minimum absolute atomic E-state index is 0.266. The largest absolute Gasteiger partial charge is 0.465 e. The number of nitrogens with one attached hydrogen (secondary N) is 1. The maximum atomic E-state index is 12.0. The van der Waals surface area contributed by atoms with E-state index in [0.717, 1.165) is 38.9 Å². The number of amides is 1. The summed E-state index contributed by atoms with van der Waals surface area (Å²) in [6, 6.07) is 16.9. The lowest BCUT2D eigenvalue weighted by molar-refractivity contribution is 0.101. The van der Waals surface area contributed by atoms with E-state index in [2.05, 4.69) is 16.0 Å². The highest BCUT2D eigenvalue weighted by atomic mass is 32.2. The van der Waals surface area contributed by atoms with Gasteiger partial charge in [0.1, 0.15) is 5.65 Å². The Hall–Kier alpha value is -3.65. The zero-order valence-electron chi connectivity index (χ0n) is 20.2. The number of H-pyrrole nitrogens is 1. The molecule has 35 heavy (non-hydrogen) atoms. The molecule has 0 bridgehead atoms. The van der Waals surface area contributed by atoms with Crippen LogP contribution in [-0.2, 0) is 16.3 Å². The van der Waals surface area contributed by atoms with Crippen LogP contribution < -0.4 is 0 Å². The maximum Gasteiger partial charge on any atom is 0.407 e. The lowest BCUT2D eigenvalue weighted by Crippen LogP contribution is -2.45. The second-order valence-electron chi connectivity index (χ2n) is 9.68. The predicted octanol–water partition coefficient (Wildman–Crippen LogP) is 5.62. The van der Waals surface area contributed by atoms with Crippen LogP contribution in [0.25, 0.3) is 33.3 Å². The molecule has 0 aliphatic rings. The van der Waals surface area contributed by atoms with Gasteiger partial charge in [0.2, 0.25) is 0 Å². The molecular formula is C27H29N3O4S. The van der Waals surface area contributed by atoms with Gasteiger partial charge in [-0.3, -0.25) is 0 Å². The molecule has 0 fully saturated rings. The minimum Gasteiger partial charge on any atom is -0.465 e. The molecule has 2 heterocycles. The number of aromatic nitrogens is 2. The molecule has 0 saturated carbocycles. The van der Waals surface area contributed by atoms with Crippen molar-refractivity contribution < 1.29 is 18.3 Å². The number of hydrogen-bond donors (Lipinski definition) is 2. The third-order valence-electron chi connectivity index (χ3n) is 6.03. The van der Waals surface area contributed by atoms with Gasteiger partial charge in [-0.2, -0.15) is 0 Å². The van der Waals surface area contributed by atoms with Crippen molar-refractivity contribution >= 4 is 27.0 Å². The lowest BCUT2D eigenvalue weighted by Gasteiger charge is -2.33. The fraction of sp³-hybridized carbons (Fsp3) is 0.259. The second kappa shape index (κ2) is 9.19. The fourth-order valence-corrected chi connectivity index (χ4v) is 4.83. The molecule has 4 aromatic rings. The monoisotopic (exact) mass is 491 g/mol. The number of carboxylic acid groups (broad SMARTS) is 1. The summed E-state index contributed by atoms with van der Waals surface area (Å²) in [5.74, 6) is 0. The molecule has 4 rings (SSSR count). The summed E-state index contributed by atoms with van der Waals surface area (Å²) < 4.78 is 24.0. The van der Waals surface area contributed by atoms with Gasteiger partial charge in [0, 0.05) is 47.2 Å². The Balaban J connectivity index is 1.67. The molecule has 182 valence electrons. The first-order valence-corrected chi connectivity index (χ1v) is 13.2. The number of rotatable bonds is 6. The van der Waals surface area contributed by atoms with Gasteiger partial charge in [-0.15, -0.1) is 0 Å². The number of carbonyl (C=O) groups is 1. The highest BCUT2D eigenvalue weighted by Crippen LogP contribution is 2.32. The van der Waals surface area contributed by atoms with Crippen LogP contribution in [0.4, 0.5) is 4.79 Å². The number of pyridine rings is 1. The van der Waals surface area contributed by atoms with Gasteiger partial charge < -0.3 is 15.0 Å². The van der Waals surface area contributed by atoms with Crippen molar-refractivity contribution in [1.82, 2.24) is 14.9 Å². The Morgan fingerprint density at radius 2 is 1.74 bits per heavy atom. The van der Waals surface area contributed by atoms with Gasteiger partial charge in [0.05, 0.1) is 4.90 Å². The average molecular weight is 492 g/mol. The highest BCUT2D eigenvalue weighted by Gasteiger charge is 2.25. The first-order valence-electron chi connectivity index (χ1n) is 11.3. The van der Waals surface area contributed by atoms with E-state index in [1.165, 1.54) is 11.2 Å². The molecular weight excluding hydrogens is 462 g/mol. The zero-order valence-corrected chi connectivity index (χ0v) is 21.1. The summed E-state index contributed by atoms with van der Waals surface area (Å²) in [5.41, 5.74) is 4.87. The molecule has 0 unspecified atom stereocenters. The fourth-order valence-electron chi connectivity index (χ4n) is 4.16. The van der Waals surface area contributed by atoms with Gasteiger partial charge in [-0.05, 0) is 62.1 Å². The van der Waals surface area contributed by atoms with Crippen molar-refractivity contribution in [3.05, 3.63) is 72.6 Å². The van der Waals surface area contributed by atoms with Crippen LogP contribution in [0, 0.1) is 0 Å². The van der Waals surface area contributed by atoms with Gasteiger partial charge in [-0.25, -0.2) is 18.2 Å². The molecule has 0 aliphatic carbocycles. The number of sulfone groups is 1. The van der Waals surface area contributed by atoms with E-state index in [0.29, 0.717) is 13.0 Å². The summed E-state index contributed by atoms with van der Waals surface area (Å²) in [4.78, 5) is 21.2. The first kappa shape index (κ1) is 24.5. The highest BCUT2D eigenvalue weighted by molar-refractivity contribution is 7.90. The lowest BCUT2D eigenvalue weighted by atomic mass is 9.99. The van der Waals surface area contributed by atoms with Crippen LogP contribution in [0.2, 0.25) is 0 Å². The number of fused-ring (bicyclic) bond motifs is 1. The van der Waals surface area contributed by atoms with Crippen molar-refractivity contribution in [3.8, 4) is 22.3 Å². The topological polar surface area (TPSA) is 103 Å². The molecule has 0 atom stereocenters. The van der Waals surface area contributed by atoms with Gasteiger partial charge in [0.25, 0.3) is 0 Å². The molecule has 2 N–H and O–H groups in total. The molecule has 2 aromatic heterocycles. The maximum absolute atomic E-state index is 12.0. The summed E-state index contributed by atoms with van der Waals surface area (Å²) in [6.45, 7) is 6.07. The molecule has 1 amide bonds. The van der Waals surface area contributed by atoms with E-state index in [4.69, 9.17) is 0 Å². The molecule has 2 aromatic carbocycles. The Labute approximate surface area is 205 Å². The molecule has 0 saturated heterocycles. The number of nitrogens with zero attached hydrogens (tertiary/aromatic N) is 2. The molecule has 8 heteroatoms. The summed E-state index contributed by atoms with van der Waals surface area (Å²) in [6.07, 6.45) is 4.51. The normalized spacial score (nSPS) is 12.1. The van der Waals surface area contributed by atoms with E-state index in [1.807, 2.05) is 57.3 Å². The van der Waals surface area contributed by atoms with Crippen molar-refractivity contribution in [3.63, 3.8) is 0 Å². The zero-order chi connectivity index (χ0) is 25.4. The molecule has 0 aliphatic heterocycles. The van der Waals surface area contributed by atoms with Crippen LogP contribution in [0.1, 0.15) is 26.3 Å². The van der Waals surface area contributed by atoms with Crippen molar-refractivity contribution in [2.24, 2.45) is 0 Å². The van der Waals surface area contributed by atoms with Gasteiger partial charge >= 0.3 is 6.09 Å². The predicted molar refractivity (Wildman–Crippen MR) is 138 cm³/mol. The van der Waals surface area contributed by atoms with E-state index in [-0.39, 0.29) is 4.90 Å². The van der Waals surface area contributed by atoms with Crippen LogP contribution in [0.15, 0.2) is 71.9 Å². The third kappa shape index (κ3) is 5.38. The third-order valence-corrected chi connectivity index (χ3v) is 7.14. The number of hydrogen-bond acceptors (Lipinski definition) is 4. The minimum atomic E-state index is -3.31. The smallest absolute Gasteiger partial charge is 0.407 e. The van der Waals surface area contributed by atoms with E-state index >= 15 is 0 Å². The quantitative estimate of drug-likeness (QED) is 0.364. The Bertz CT molecular complexity index is 1500. The van der Waals surface area contributed by atoms with Crippen molar-refractivity contribution in [2.75, 3.05) is 12.8 Å². The van der Waals surface area contributed by atoms with Crippen molar-refractivity contribution in [1.29, 1.82) is 0 Å². The molecule has 0 spiro atoms.